The Bertz CT molecular complexity index is 519. The van der Waals surface area contributed by atoms with Crippen molar-refractivity contribution in [3.63, 3.8) is 0 Å². The molecule has 84 valence electrons. The number of hydrogen-bond acceptors (Lipinski definition) is 5. The highest BCUT2D eigenvalue weighted by molar-refractivity contribution is 5.81. The van der Waals surface area contributed by atoms with Crippen molar-refractivity contribution in [2.45, 2.75) is 31.2 Å². The van der Waals surface area contributed by atoms with E-state index in [-0.39, 0.29) is 6.04 Å². The second kappa shape index (κ2) is 3.41. The number of imidazole rings is 1. The van der Waals surface area contributed by atoms with Crippen molar-refractivity contribution in [1.82, 2.24) is 19.9 Å². The lowest BCUT2D eigenvalue weighted by Crippen LogP contribution is -2.23. The quantitative estimate of drug-likeness (QED) is 0.647. The maximum atomic E-state index is 6.04. The van der Waals surface area contributed by atoms with E-state index >= 15 is 0 Å². The Balaban J connectivity index is 2.08. The number of fused-ring (bicyclic) bond motifs is 1. The topological polar surface area (TPSA) is 106 Å². The third-order valence-electron chi connectivity index (χ3n) is 3.26. The number of anilines is 1. The van der Waals surface area contributed by atoms with Gasteiger partial charge in [0.15, 0.2) is 11.5 Å². The monoisotopic (exact) mass is 218 g/mol. The third kappa shape index (κ3) is 1.34. The van der Waals surface area contributed by atoms with Gasteiger partial charge in [-0.2, -0.15) is 0 Å². The average Bonchev–Trinajstić information content (AvgIpc) is 2.84. The Morgan fingerprint density at radius 2 is 2.19 bits per heavy atom. The second-order valence-electron chi connectivity index (χ2n) is 4.28. The van der Waals surface area contributed by atoms with Gasteiger partial charge in [0, 0.05) is 12.0 Å². The molecule has 1 fully saturated rings. The highest BCUT2D eigenvalue weighted by Gasteiger charge is 2.28. The van der Waals surface area contributed by atoms with Gasteiger partial charge >= 0.3 is 0 Å². The zero-order valence-electron chi connectivity index (χ0n) is 8.85. The lowest BCUT2D eigenvalue weighted by Gasteiger charge is -2.11. The SMILES string of the molecule is Nc1ncnc2nc(C3CCCC3N)[nH]c12. The van der Waals surface area contributed by atoms with Crippen LogP contribution in [0.25, 0.3) is 11.2 Å². The van der Waals surface area contributed by atoms with E-state index in [1.165, 1.54) is 6.33 Å². The van der Waals surface area contributed by atoms with Crippen LogP contribution in [-0.4, -0.2) is 26.0 Å². The Kier molecular flexibility index (Phi) is 2.03. The smallest absolute Gasteiger partial charge is 0.183 e. The van der Waals surface area contributed by atoms with Crippen LogP contribution in [-0.2, 0) is 0 Å². The number of nitrogens with one attached hydrogen (secondary N) is 1. The van der Waals surface area contributed by atoms with Crippen LogP contribution >= 0.6 is 0 Å². The molecule has 0 bridgehead atoms. The van der Waals surface area contributed by atoms with Gasteiger partial charge in [0.1, 0.15) is 17.7 Å². The summed E-state index contributed by atoms with van der Waals surface area (Å²) in [6, 6.07) is 0.190. The summed E-state index contributed by atoms with van der Waals surface area (Å²) in [7, 11) is 0. The molecule has 0 amide bonds. The van der Waals surface area contributed by atoms with Gasteiger partial charge in [-0.3, -0.25) is 0 Å². The fourth-order valence-corrected chi connectivity index (χ4v) is 2.37. The van der Waals surface area contributed by atoms with Crippen LogP contribution in [0.2, 0.25) is 0 Å². The Labute approximate surface area is 92.5 Å². The van der Waals surface area contributed by atoms with Gasteiger partial charge in [-0.05, 0) is 12.8 Å². The molecule has 2 atom stereocenters. The summed E-state index contributed by atoms with van der Waals surface area (Å²) >= 11 is 0. The molecule has 5 N–H and O–H groups in total. The minimum Gasteiger partial charge on any atom is -0.382 e. The number of hydrogen-bond donors (Lipinski definition) is 3. The Morgan fingerprint density at radius 1 is 1.31 bits per heavy atom. The molecule has 2 unspecified atom stereocenters. The lowest BCUT2D eigenvalue weighted by molar-refractivity contribution is 0.588. The molecule has 0 aliphatic heterocycles. The number of nitrogens with two attached hydrogens (primary N) is 2. The van der Waals surface area contributed by atoms with E-state index in [0.29, 0.717) is 17.4 Å². The fraction of sp³-hybridized carbons (Fsp3) is 0.500. The summed E-state index contributed by atoms with van der Waals surface area (Å²) in [5.74, 6) is 1.64. The average molecular weight is 218 g/mol. The summed E-state index contributed by atoms with van der Waals surface area (Å²) in [6.45, 7) is 0. The molecule has 6 heteroatoms. The molecule has 0 saturated heterocycles. The van der Waals surface area contributed by atoms with Crippen LogP contribution in [0.4, 0.5) is 5.82 Å². The highest BCUT2D eigenvalue weighted by Crippen LogP contribution is 2.32. The molecular weight excluding hydrogens is 204 g/mol. The van der Waals surface area contributed by atoms with Crippen LogP contribution in [0.3, 0.4) is 0 Å². The van der Waals surface area contributed by atoms with Crippen LogP contribution < -0.4 is 11.5 Å². The van der Waals surface area contributed by atoms with Crippen molar-refractivity contribution in [2.24, 2.45) is 5.73 Å². The highest BCUT2D eigenvalue weighted by atomic mass is 15.1. The standard InChI is InChI=1S/C10H14N6/c11-6-3-1-2-5(6)9-15-7-8(12)13-4-14-10(7)16-9/h4-6H,1-3,11H2,(H3,12,13,14,15,16). The van der Waals surface area contributed by atoms with E-state index in [4.69, 9.17) is 11.5 Å². The minimum atomic E-state index is 0.190. The molecule has 2 heterocycles. The Morgan fingerprint density at radius 3 is 2.88 bits per heavy atom. The van der Waals surface area contributed by atoms with E-state index in [0.717, 1.165) is 30.6 Å². The summed E-state index contributed by atoms with van der Waals surface area (Å²) in [5.41, 5.74) is 13.1. The summed E-state index contributed by atoms with van der Waals surface area (Å²) < 4.78 is 0. The molecule has 1 aliphatic carbocycles. The fourth-order valence-electron chi connectivity index (χ4n) is 2.37. The van der Waals surface area contributed by atoms with Crippen molar-refractivity contribution < 1.29 is 0 Å². The maximum absolute atomic E-state index is 6.04. The molecule has 1 aliphatic rings. The van der Waals surface area contributed by atoms with E-state index < -0.39 is 0 Å². The first-order chi connectivity index (χ1) is 7.75. The van der Waals surface area contributed by atoms with Crippen LogP contribution in [0.1, 0.15) is 31.0 Å². The molecule has 3 rings (SSSR count). The number of aromatic amines is 1. The Hall–Kier alpha value is -1.69. The van der Waals surface area contributed by atoms with Crippen molar-refractivity contribution in [3.05, 3.63) is 12.2 Å². The largest absolute Gasteiger partial charge is 0.382 e. The molecule has 2 aromatic heterocycles. The van der Waals surface area contributed by atoms with Gasteiger partial charge in [0.25, 0.3) is 0 Å². The number of nitrogen functional groups attached to an aromatic ring is 1. The number of rotatable bonds is 1. The van der Waals surface area contributed by atoms with Gasteiger partial charge < -0.3 is 16.5 Å². The van der Waals surface area contributed by atoms with E-state index in [1.807, 2.05) is 0 Å². The second-order valence-corrected chi connectivity index (χ2v) is 4.28. The number of nitrogens with zero attached hydrogens (tertiary/aromatic N) is 3. The molecule has 1 saturated carbocycles. The minimum absolute atomic E-state index is 0.190. The molecule has 2 aromatic rings. The van der Waals surface area contributed by atoms with Gasteiger partial charge in [-0.1, -0.05) is 6.42 Å². The van der Waals surface area contributed by atoms with Crippen LogP contribution in [0.15, 0.2) is 6.33 Å². The maximum Gasteiger partial charge on any atom is 0.183 e. The first-order valence-corrected chi connectivity index (χ1v) is 5.47. The predicted octanol–water partition coefficient (Wildman–Crippen LogP) is 0.530. The van der Waals surface area contributed by atoms with E-state index in [2.05, 4.69) is 19.9 Å². The predicted molar refractivity (Wildman–Crippen MR) is 60.7 cm³/mol. The molecular formula is C10H14N6. The van der Waals surface area contributed by atoms with Crippen molar-refractivity contribution in [1.29, 1.82) is 0 Å². The molecule has 16 heavy (non-hydrogen) atoms. The first kappa shape index (κ1) is 9.53. The molecule has 0 aromatic carbocycles. The van der Waals surface area contributed by atoms with Crippen molar-refractivity contribution in [3.8, 4) is 0 Å². The number of aromatic nitrogens is 4. The molecule has 0 spiro atoms. The van der Waals surface area contributed by atoms with Gasteiger partial charge in [0.05, 0.1) is 0 Å². The first-order valence-electron chi connectivity index (χ1n) is 5.47. The van der Waals surface area contributed by atoms with Gasteiger partial charge in [-0.15, -0.1) is 0 Å². The van der Waals surface area contributed by atoms with E-state index in [1.54, 1.807) is 0 Å². The molecule has 0 radical (unpaired) electrons. The zero-order valence-corrected chi connectivity index (χ0v) is 8.85. The van der Waals surface area contributed by atoms with Crippen LogP contribution in [0.5, 0.6) is 0 Å². The summed E-state index contributed by atoms with van der Waals surface area (Å²) in [5, 5.41) is 0. The van der Waals surface area contributed by atoms with Crippen molar-refractivity contribution in [2.75, 3.05) is 5.73 Å². The summed E-state index contributed by atoms with van der Waals surface area (Å²) in [4.78, 5) is 15.6. The normalized spacial score (nSPS) is 25.3. The summed E-state index contributed by atoms with van der Waals surface area (Å²) in [6.07, 6.45) is 4.72. The lowest BCUT2D eigenvalue weighted by atomic mass is 10.0. The van der Waals surface area contributed by atoms with E-state index in [9.17, 15) is 0 Å². The van der Waals surface area contributed by atoms with Gasteiger partial charge in [-0.25, -0.2) is 15.0 Å². The zero-order chi connectivity index (χ0) is 11.1. The molecule has 6 nitrogen and oxygen atoms in total. The third-order valence-corrected chi connectivity index (χ3v) is 3.26. The van der Waals surface area contributed by atoms with Crippen LogP contribution in [0, 0.1) is 0 Å². The van der Waals surface area contributed by atoms with Gasteiger partial charge in [0.2, 0.25) is 0 Å². The number of H-pyrrole nitrogens is 1. The van der Waals surface area contributed by atoms with Crippen molar-refractivity contribution >= 4 is 17.0 Å².